The first kappa shape index (κ1) is 13.4. The van der Waals surface area contributed by atoms with Crippen LogP contribution in [0.3, 0.4) is 0 Å². The van der Waals surface area contributed by atoms with Gasteiger partial charge in [0.15, 0.2) is 0 Å². The Bertz CT molecular complexity index is 548. The maximum atomic E-state index is 6.38. The highest BCUT2D eigenvalue weighted by Gasteiger charge is 2.20. The average Bonchev–Trinajstić information content (AvgIpc) is 2.46. The summed E-state index contributed by atoms with van der Waals surface area (Å²) in [5.74, 6) is 1.45. The molecule has 1 heterocycles. The number of ether oxygens (including phenoxy) is 2. The molecule has 2 N–H and O–H groups in total. The van der Waals surface area contributed by atoms with Crippen LogP contribution in [0.5, 0.6) is 11.5 Å². The molecule has 2 rings (SSSR count). The number of methoxy groups -OCH3 is 2. The number of nitrogens with zero attached hydrogens (tertiary/aromatic N) is 1. The maximum Gasteiger partial charge on any atom is 0.127 e. The van der Waals surface area contributed by atoms with Crippen LogP contribution in [0, 0.1) is 6.92 Å². The molecule has 0 spiro atoms. The highest BCUT2D eigenvalue weighted by molar-refractivity contribution is 5.51. The van der Waals surface area contributed by atoms with E-state index >= 15 is 0 Å². The Kier molecular flexibility index (Phi) is 4.02. The molecule has 0 aliphatic carbocycles. The topological polar surface area (TPSA) is 57.4 Å². The Morgan fingerprint density at radius 2 is 1.74 bits per heavy atom. The van der Waals surface area contributed by atoms with E-state index < -0.39 is 0 Å². The summed E-state index contributed by atoms with van der Waals surface area (Å²) in [6.07, 6.45) is 3.54. The fraction of sp³-hybridized carbons (Fsp3) is 0.267. The van der Waals surface area contributed by atoms with Crippen LogP contribution in [-0.4, -0.2) is 19.2 Å². The monoisotopic (exact) mass is 258 g/mol. The van der Waals surface area contributed by atoms with Crippen LogP contribution in [0.2, 0.25) is 0 Å². The van der Waals surface area contributed by atoms with Gasteiger partial charge in [0.2, 0.25) is 0 Å². The van der Waals surface area contributed by atoms with Crippen LogP contribution in [0.1, 0.15) is 22.7 Å². The Morgan fingerprint density at radius 1 is 1.11 bits per heavy atom. The molecule has 100 valence electrons. The number of benzene rings is 1. The van der Waals surface area contributed by atoms with Crippen molar-refractivity contribution in [3.8, 4) is 11.5 Å². The van der Waals surface area contributed by atoms with Crippen LogP contribution >= 0.6 is 0 Å². The van der Waals surface area contributed by atoms with Crippen LogP contribution in [0.25, 0.3) is 0 Å². The van der Waals surface area contributed by atoms with Gasteiger partial charge in [-0.25, -0.2) is 0 Å². The Labute approximate surface area is 113 Å². The van der Waals surface area contributed by atoms with Crippen molar-refractivity contribution < 1.29 is 9.47 Å². The first-order chi connectivity index (χ1) is 9.19. The van der Waals surface area contributed by atoms with Gasteiger partial charge in [-0.2, -0.15) is 0 Å². The molecule has 0 aliphatic heterocycles. The van der Waals surface area contributed by atoms with Gasteiger partial charge in [0.25, 0.3) is 0 Å². The first-order valence-electron chi connectivity index (χ1n) is 6.06. The highest BCUT2D eigenvalue weighted by atomic mass is 16.5. The Balaban J connectivity index is 2.55. The average molecular weight is 258 g/mol. The summed E-state index contributed by atoms with van der Waals surface area (Å²) in [6, 6.07) is 7.26. The van der Waals surface area contributed by atoms with E-state index in [-0.39, 0.29) is 6.04 Å². The summed E-state index contributed by atoms with van der Waals surface area (Å²) < 4.78 is 10.8. The third-order valence-corrected chi connectivity index (χ3v) is 3.18. The van der Waals surface area contributed by atoms with Gasteiger partial charge in [-0.15, -0.1) is 0 Å². The molecule has 0 fully saturated rings. The van der Waals surface area contributed by atoms with Gasteiger partial charge in [0.05, 0.1) is 25.8 Å². The molecule has 2 aromatic rings. The molecule has 0 radical (unpaired) electrons. The molecule has 4 heteroatoms. The van der Waals surface area contributed by atoms with Crippen molar-refractivity contribution in [2.75, 3.05) is 14.2 Å². The van der Waals surface area contributed by atoms with E-state index in [0.29, 0.717) is 0 Å². The molecule has 19 heavy (non-hydrogen) atoms. The molecule has 0 aliphatic rings. The standard InChI is InChI=1S/C15H18N2O2/c1-10-9-17-8-7-11(10)15(16)14-12(18-2)5-4-6-13(14)19-3/h4-9,15H,16H2,1-3H3. The summed E-state index contributed by atoms with van der Waals surface area (Å²) in [6.45, 7) is 1.99. The van der Waals surface area contributed by atoms with Crippen LogP contribution in [0.15, 0.2) is 36.7 Å². The summed E-state index contributed by atoms with van der Waals surface area (Å²) in [7, 11) is 3.26. The van der Waals surface area contributed by atoms with E-state index in [0.717, 1.165) is 28.2 Å². The minimum atomic E-state index is -0.311. The van der Waals surface area contributed by atoms with Crippen molar-refractivity contribution in [1.82, 2.24) is 4.98 Å². The lowest BCUT2D eigenvalue weighted by molar-refractivity contribution is 0.382. The van der Waals surface area contributed by atoms with Gasteiger partial charge in [-0.05, 0) is 36.2 Å². The maximum absolute atomic E-state index is 6.38. The van der Waals surface area contributed by atoms with Crippen LogP contribution < -0.4 is 15.2 Å². The Hall–Kier alpha value is -2.07. The van der Waals surface area contributed by atoms with Crippen molar-refractivity contribution in [3.05, 3.63) is 53.3 Å². The second-order valence-electron chi connectivity index (χ2n) is 4.29. The molecule has 1 unspecified atom stereocenters. The number of aryl methyl sites for hydroxylation is 1. The molecule has 0 saturated heterocycles. The van der Waals surface area contributed by atoms with Gasteiger partial charge in [0, 0.05) is 12.4 Å². The van der Waals surface area contributed by atoms with Crippen LogP contribution in [0.4, 0.5) is 0 Å². The first-order valence-corrected chi connectivity index (χ1v) is 6.06. The normalized spacial score (nSPS) is 12.0. The lowest BCUT2D eigenvalue weighted by atomic mass is 9.95. The van der Waals surface area contributed by atoms with Crippen molar-refractivity contribution in [2.45, 2.75) is 13.0 Å². The molecule has 1 atom stereocenters. The third kappa shape index (κ3) is 2.53. The van der Waals surface area contributed by atoms with Crippen molar-refractivity contribution >= 4 is 0 Å². The number of aromatic nitrogens is 1. The molecule has 4 nitrogen and oxygen atoms in total. The smallest absolute Gasteiger partial charge is 0.127 e. The quantitative estimate of drug-likeness (QED) is 0.915. The number of rotatable bonds is 4. The lowest BCUT2D eigenvalue weighted by Crippen LogP contribution is -2.15. The largest absolute Gasteiger partial charge is 0.496 e. The van der Waals surface area contributed by atoms with Gasteiger partial charge >= 0.3 is 0 Å². The minimum absolute atomic E-state index is 0.311. The van der Waals surface area contributed by atoms with E-state index in [1.165, 1.54) is 0 Å². The fourth-order valence-corrected chi connectivity index (χ4v) is 2.18. The van der Waals surface area contributed by atoms with Crippen molar-refractivity contribution in [1.29, 1.82) is 0 Å². The number of nitrogens with two attached hydrogens (primary N) is 1. The Morgan fingerprint density at radius 3 is 2.26 bits per heavy atom. The zero-order valence-electron chi connectivity index (χ0n) is 11.4. The number of hydrogen-bond acceptors (Lipinski definition) is 4. The molecule has 0 bridgehead atoms. The lowest BCUT2D eigenvalue weighted by Gasteiger charge is -2.20. The highest BCUT2D eigenvalue weighted by Crippen LogP contribution is 2.36. The molecule has 1 aromatic heterocycles. The third-order valence-electron chi connectivity index (χ3n) is 3.18. The van der Waals surface area contributed by atoms with Gasteiger partial charge in [-0.1, -0.05) is 6.07 Å². The van der Waals surface area contributed by atoms with E-state index in [2.05, 4.69) is 4.98 Å². The van der Waals surface area contributed by atoms with Gasteiger partial charge in [0.1, 0.15) is 11.5 Å². The van der Waals surface area contributed by atoms with E-state index in [9.17, 15) is 0 Å². The van der Waals surface area contributed by atoms with E-state index in [1.807, 2.05) is 31.2 Å². The molecular formula is C15H18N2O2. The summed E-state index contributed by atoms with van der Waals surface area (Å²) >= 11 is 0. The predicted molar refractivity (Wildman–Crippen MR) is 74.6 cm³/mol. The number of pyridine rings is 1. The molecule has 1 aromatic carbocycles. The molecule has 0 saturated carbocycles. The van der Waals surface area contributed by atoms with Crippen LogP contribution in [-0.2, 0) is 0 Å². The van der Waals surface area contributed by atoms with E-state index in [1.54, 1.807) is 26.6 Å². The van der Waals surface area contributed by atoms with Gasteiger partial charge in [-0.3, -0.25) is 4.98 Å². The van der Waals surface area contributed by atoms with Gasteiger partial charge < -0.3 is 15.2 Å². The fourth-order valence-electron chi connectivity index (χ4n) is 2.18. The minimum Gasteiger partial charge on any atom is -0.496 e. The second-order valence-corrected chi connectivity index (χ2v) is 4.29. The SMILES string of the molecule is COc1cccc(OC)c1C(N)c1ccncc1C. The molecular weight excluding hydrogens is 240 g/mol. The predicted octanol–water partition coefficient (Wildman–Crippen LogP) is 2.46. The zero-order chi connectivity index (χ0) is 13.8. The second kappa shape index (κ2) is 5.71. The van der Waals surface area contributed by atoms with E-state index in [4.69, 9.17) is 15.2 Å². The molecule has 0 amide bonds. The summed E-state index contributed by atoms with van der Waals surface area (Å²) in [5.41, 5.74) is 9.29. The zero-order valence-corrected chi connectivity index (χ0v) is 11.4. The number of hydrogen-bond donors (Lipinski definition) is 1. The van der Waals surface area contributed by atoms with Crippen molar-refractivity contribution in [2.24, 2.45) is 5.73 Å². The van der Waals surface area contributed by atoms with Crippen molar-refractivity contribution in [3.63, 3.8) is 0 Å². The summed E-state index contributed by atoms with van der Waals surface area (Å²) in [4.78, 5) is 4.09. The summed E-state index contributed by atoms with van der Waals surface area (Å²) in [5, 5.41) is 0.